The van der Waals surface area contributed by atoms with E-state index in [2.05, 4.69) is 22.8 Å². The fourth-order valence-electron chi connectivity index (χ4n) is 3.00. The number of aromatic nitrogens is 1. The number of amides is 2. The molecule has 1 heterocycles. The summed E-state index contributed by atoms with van der Waals surface area (Å²) in [5.41, 5.74) is 5.51. The molecule has 0 spiro atoms. The zero-order valence-corrected chi connectivity index (χ0v) is 13.2. The van der Waals surface area contributed by atoms with Crippen molar-refractivity contribution in [3.63, 3.8) is 0 Å². The molecule has 5 heteroatoms. The van der Waals surface area contributed by atoms with Crippen LogP contribution >= 0.6 is 0 Å². The maximum absolute atomic E-state index is 12.1. The topological polar surface area (TPSA) is 71.1 Å². The van der Waals surface area contributed by atoms with Crippen molar-refractivity contribution in [2.24, 2.45) is 11.8 Å². The number of hydrazine groups is 1. The molecule has 0 bridgehead atoms. The fourth-order valence-corrected chi connectivity index (χ4v) is 3.00. The quantitative estimate of drug-likeness (QED) is 0.822. The van der Waals surface area contributed by atoms with Gasteiger partial charge in [0.1, 0.15) is 0 Å². The molecule has 0 aromatic carbocycles. The molecule has 2 N–H and O–H groups in total. The molecule has 1 aromatic rings. The van der Waals surface area contributed by atoms with E-state index < -0.39 is 0 Å². The van der Waals surface area contributed by atoms with Crippen molar-refractivity contribution in [2.45, 2.75) is 51.9 Å². The van der Waals surface area contributed by atoms with Crippen molar-refractivity contribution in [2.75, 3.05) is 0 Å². The summed E-state index contributed by atoms with van der Waals surface area (Å²) in [6.07, 6.45) is 11.0. The highest BCUT2D eigenvalue weighted by molar-refractivity contribution is 5.95. The van der Waals surface area contributed by atoms with Crippen LogP contribution in [0.3, 0.4) is 0 Å². The molecule has 0 saturated heterocycles. The van der Waals surface area contributed by atoms with Crippen molar-refractivity contribution < 1.29 is 9.59 Å². The molecule has 1 aromatic heterocycles. The molecule has 1 aliphatic carbocycles. The van der Waals surface area contributed by atoms with E-state index in [4.69, 9.17) is 0 Å². The van der Waals surface area contributed by atoms with E-state index in [1.807, 2.05) is 0 Å². The van der Waals surface area contributed by atoms with Crippen molar-refractivity contribution in [1.29, 1.82) is 0 Å². The Labute approximate surface area is 131 Å². The van der Waals surface area contributed by atoms with Crippen molar-refractivity contribution in [3.8, 4) is 0 Å². The van der Waals surface area contributed by atoms with Gasteiger partial charge in [0.2, 0.25) is 5.91 Å². The molecule has 2 rings (SSSR count). The van der Waals surface area contributed by atoms with E-state index in [1.54, 1.807) is 24.5 Å². The van der Waals surface area contributed by atoms with Crippen LogP contribution in [0.5, 0.6) is 0 Å². The molecule has 1 fully saturated rings. The first-order chi connectivity index (χ1) is 10.7. The van der Waals surface area contributed by atoms with Gasteiger partial charge < -0.3 is 0 Å². The minimum absolute atomic E-state index is 0.0237. The van der Waals surface area contributed by atoms with Crippen LogP contribution < -0.4 is 10.9 Å². The Morgan fingerprint density at radius 2 is 1.82 bits per heavy atom. The Kier molecular flexibility index (Phi) is 6.37. The van der Waals surface area contributed by atoms with E-state index >= 15 is 0 Å². The molecule has 22 heavy (non-hydrogen) atoms. The number of nitrogens with zero attached hydrogens (tertiary/aromatic N) is 1. The monoisotopic (exact) mass is 303 g/mol. The second-order valence-corrected chi connectivity index (χ2v) is 6.04. The molecule has 0 atom stereocenters. The number of pyridine rings is 1. The lowest BCUT2D eigenvalue weighted by atomic mass is 9.79. The summed E-state index contributed by atoms with van der Waals surface area (Å²) in [6.45, 7) is 2.21. The second-order valence-electron chi connectivity index (χ2n) is 6.04. The Balaban J connectivity index is 1.71. The van der Waals surface area contributed by atoms with Crippen LogP contribution in [-0.4, -0.2) is 16.8 Å². The first kappa shape index (κ1) is 16.5. The molecule has 0 radical (unpaired) electrons. The molecular weight excluding hydrogens is 278 g/mol. The van der Waals surface area contributed by atoms with Gasteiger partial charge in [0.15, 0.2) is 0 Å². The van der Waals surface area contributed by atoms with Gasteiger partial charge >= 0.3 is 0 Å². The summed E-state index contributed by atoms with van der Waals surface area (Å²) in [5.74, 6) is 0.412. The summed E-state index contributed by atoms with van der Waals surface area (Å²) in [7, 11) is 0. The highest BCUT2D eigenvalue weighted by Crippen LogP contribution is 2.31. The maximum Gasteiger partial charge on any atom is 0.269 e. The van der Waals surface area contributed by atoms with Crippen LogP contribution in [0.2, 0.25) is 0 Å². The largest absolute Gasteiger partial charge is 0.273 e. The summed E-state index contributed by atoms with van der Waals surface area (Å²) < 4.78 is 0. The zero-order chi connectivity index (χ0) is 15.8. The number of carbonyl (C=O) groups excluding carboxylic acids is 2. The van der Waals surface area contributed by atoms with Crippen LogP contribution in [0.15, 0.2) is 24.5 Å². The Bertz CT molecular complexity index is 482. The molecule has 1 aliphatic rings. The van der Waals surface area contributed by atoms with Gasteiger partial charge in [-0.05, 0) is 43.7 Å². The number of hydrogen-bond acceptors (Lipinski definition) is 3. The van der Waals surface area contributed by atoms with Gasteiger partial charge in [-0.25, -0.2) is 0 Å². The zero-order valence-electron chi connectivity index (χ0n) is 13.2. The standard InChI is InChI=1S/C17H25N3O2/c1-2-3-4-13-5-7-14(8-6-13)16(21)19-20-17(22)15-9-11-18-12-10-15/h9-14H,2-8H2,1H3,(H,19,21)(H,20,22). The lowest BCUT2D eigenvalue weighted by Crippen LogP contribution is -2.45. The van der Waals surface area contributed by atoms with Gasteiger partial charge in [0, 0.05) is 23.9 Å². The Hall–Kier alpha value is -1.91. The number of unbranched alkanes of at least 4 members (excludes halogenated alkanes) is 1. The summed E-state index contributed by atoms with van der Waals surface area (Å²) in [5, 5.41) is 0. The highest BCUT2D eigenvalue weighted by atomic mass is 16.2. The number of hydrogen-bond donors (Lipinski definition) is 2. The van der Waals surface area contributed by atoms with Gasteiger partial charge in [0.05, 0.1) is 0 Å². The highest BCUT2D eigenvalue weighted by Gasteiger charge is 2.26. The second kappa shape index (κ2) is 8.51. The average molecular weight is 303 g/mol. The van der Waals surface area contributed by atoms with Crippen LogP contribution in [0, 0.1) is 11.8 Å². The van der Waals surface area contributed by atoms with E-state index in [0.717, 1.165) is 31.6 Å². The third-order valence-electron chi connectivity index (χ3n) is 4.43. The van der Waals surface area contributed by atoms with E-state index in [-0.39, 0.29) is 17.7 Å². The molecule has 1 saturated carbocycles. The van der Waals surface area contributed by atoms with Crippen LogP contribution in [-0.2, 0) is 4.79 Å². The minimum atomic E-state index is -0.313. The maximum atomic E-state index is 12.1. The molecule has 2 amide bonds. The molecule has 5 nitrogen and oxygen atoms in total. The number of carbonyl (C=O) groups is 2. The first-order valence-electron chi connectivity index (χ1n) is 8.21. The SMILES string of the molecule is CCCCC1CCC(C(=O)NNC(=O)c2ccncc2)CC1. The molecule has 0 aliphatic heterocycles. The summed E-state index contributed by atoms with van der Waals surface area (Å²) in [4.78, 5) is 27.8. The first-order valence-corrected chi connectivity index (χ1v) is 8.21. The van der Waals surface area contributed by atoms with Crippen LogP contribution in [0.25, 0.3) is 0 Å². The third-order valence-corrected chi connectivity index (χ3v) is 4.43. The van der Waals surface area contributed by atoms with Gasteiger partial charge in [0.25, 0.3) is 5.91 Å². The molecular formula is C17H25N3O2. The molecule has 120 valence electrons. The summed E-state index contributed by atoms with van der Waals surface area (Å²) in [6, 6.07) is 3.22. The van der Waals surface area contributed by atoms with Gasteiger partial charge in [-0.2, -0.15) is 0 Å². The van der Waals surface area contributed by atoms with Crippen molar-refractivity contribution >= 4 is 11.8 Å². The Morgan fingerprint density at radius 1 is 1.14 bits per heavy atom. The normalized spacial score (nSPS) is 21.1. The Morgan fingerprint density at radius 3 is 2.45 bits per heavy atom. The average Bonchev–Trinajstić information content (AvgIpc) is 2.58. The predicted molar refractivity (Wildman–Crippen MR) is 84.8 cm³/mol. The lowest BCUT2D eigenvalue weighted by Gasteiger charge is -2.27. The van der Waals surface area contributed by atoms with Gasteiger partial charge in [-0.3, -0.25) is 25.4 Å². The molecule has 0 unspecified atom stereocenters. The third kappa shape index (κ3) is 4.83. The predicted octanol–water partition coefficient (Wildman–Crippen LogP) is 2.84. The fraction of sp³-hybridized carbons (Fsp3) is 0.588. The minimum Gasteiger partial charge on any atom is -0.273 e. The van der Waals surface area contributed by atoms with Crippen LogP contribution in [0.1, 0.15) is 62.2 Å². The smallest absolute Gasteiger partial charge is 0.269 e. The van der Waals surface area contributed by atoms with Gasteiger partial charge in [-0.15, -0.1) is 0 Å². The van der Waals surface area contributed by atoms with Crippen LogP contribution in [0.4, 0.5) is 0 Å². The van der Waals surface area contributed by atoms with Crippen molar-refractivity contribution in [1.82, 2.24) is 15.8 Å². The summed E-state index contributed by atoms with van der Waals surface area (Å²) >= 11 is 0. The van der Waals surface area contributed by atoms with E-state index in [1.165, 1.54) is 19.3 Å². The number of rotatable bonds is 5. The van der Waals surface area contributed by atoms with Gasteiger partial charge in [-0.1, -0.05) is 26.2 Å². The van der Waals surface area contributed by atoms with E-state index in [0.29, 0.717) is 5.56 Å². The lowest BCUT2D eigenvalue weighted by molar-refractivity contribution is -0.127. The van der Waals surface area contributed by atoms with E-state index in [9.17, 15) is 9.59 Å². The number of nitrogens with one attached hydrogen (secondary N) is 2. The van der Waals surface area contributed by atoms with Crippen molar-refractivity contribution in [3.05, 3.63) is 30.1 Å².